The van der Waals surface area contributed by atoms with E-state index in [4.69, 9.17) is 0 Å². The Morgan fingerprint density at radius 3 is 2.61 bits per heavy atom. The number of amides is 1. The van der Waals surface area contributed by atoms with Gasteiger partial charge in [0.15, 0.2) is 0 Å². The van der Waals surface area contributed by atoms with Crippen molar-refractivity contribution >= 4 is 32.7 Å². The fraction of sp³-hybridized carbons (Fsp3) is 0.111. The van der Waals surface area contributed by atoms with Gasteiger partial charge in [-0.3, -0.25) is 9.59 Å². The second-order valence-electron chi connectivity index (χ2n) is 5.23. The second kappa shape index (κ2) is 6.79. The van der Waals surface area contributed by atoms with Crippen LogP contribution in [0.25, 0.3) is 10.9 Å². The molecule has 5 heteroatoms. The lowest BCUT2D eigenvalue weighted by Gasteiger charge is -2.06. The minimum absolute atomic E-state index is 0.138. The Hall–Kier alpha value is -2.40. The molecule has 23 heavy (non-hydrogen) atoms. The van der Waals surface area contributed by atoms with Gasteiger partial charge in [0.25, 0.3) is 11.5 Å². The lowest BCUT2D eigenvalue weighted by molar-refractivity contribution is 0.0953. The highest BCUT2D eigenvalue weighted by atomic mass is 79.9. The third-order valence-electron chi connectivity index (χ3n) is 3.61. The zero-order valence-corrected chi connectivity index (χ0v) is 13.9. The van der Waals surface area contributed by atoms with Gasteiger partial charge in [0.05, 0.1) is 0 Å². The molecule has 2 aromatic carbocycles. The summed E-state index contributed by atoms with van der Waals surface area (Å²) in [5.74, 6) is -0.353. The Labute approximate surface area is 141 Å². The van der Waals surface area contributed by atoms with E-state index in [1.807, 2.05) is 48.5 Å². The number of carbonyl (C=O) groups is 1. The summed E-state index contributed by atoms with van der Waals surface area (Å²) in [6.45, 7) is 0.479. The number of pyridine rings is 1. The van der Waals surface area contributed by atoms with Gasteiger partial charge in [-0.15, -0.1) is 0 Å². The number of hydrogen-bond acceptors (Lipinski definition) is 2. The van der Waals surface area contributed by atoms with Gasteiger partial charge in [-0.25, -0.2) is 0 Å². The zero-order chi connectivity index (χ0) is 16.2. The molecule has 0 spiro atoms. The first-order valence-corrected chi connectivity index (χ1v) is 8.07. The monoisotopic (exact) mass is 370 g/mol. The van der Waals surface area contributed by atoms with Crippen LogP contribution in [0.3, 0.4) is 0 Å². The fourth-order valence-corrected chi connectivity index (χ4v) is 2.65. The molecule has 0 atom stereocenters. The van der Waals surface area contributed by atoms with E-state index < -0.39 is 0 Å². The Morgan fingerprint density at radius 1 is 1.09 bits per heavy atom. The lowest BCUT2D eigenvalue weighted by Crippen LogP contribution is -2.31. The molecule has 0 bridgehead atoms. The standard InChI is InChI=1S/C18H15BrN2O2/c19-14-7-5-12(6-8-14)9-10-20-17(22)15-11-13-3-1-2-4-16(13)21-18(15)23/h1-8,11H,9-10H2,(H,20,22)(H,21,23). The summed E-state index contributed by atoms with van der Waals surface area (Å²) >= 11 is 3.39. The smallest absolute Gasteiger partial charge is 0.261 e. The molecular weight excluding hydrogens is 356 g/mol. The van der Waals surface area contributed by atoms with Crippen LogP contribution in [0.2, 0.25) is 0 Å². The Morgan fingerprint density at radius 2 is 1.83 bits per heavy atom. The molecule has 0 radical (unpaired) electrons. The number of aromatic nitrogens is 1. The number of benzene rings is 2. The molecule has 116 valence electrons. The van der Waals surface area contributed by atoms with Crippen LogP contribution in [0, 0.1) is 0 Å². The Bertz CT molecular complexity index is 901. The SMILES string of the molecule is O=C(NCCc1ccc(Br)cc1)c1cc2ccccc2[nH]c1=O. The molecule has 0 fully saturated rings. The average molecular weight is 371 g/mol. The molecule has 0 saturated carbocycles. The number of aromatic amines is 1. The van der Waals surface area contributed by atoms with Gasteiger partial charge in [0.2, 0.25) is 0 Å². The molecule has 0 unspecified atom stereocenters. The summed E-state index contributed by atoms with van der Waals surface area (Å²) in [5.41, 5.74) is 1.62. The predicted molar refractivity (Wildman–Crippen MR) is 94.7 cm³/mol. The molecule has 0 aliphatic rings. The summed E-state index contributed by atoms with van der Waals surface area (Å²) in [6, 6.07) is 16.9. The van der Waals surface area contributed by atoms with Crippen molar-refractivity contribution in [3.05, 3.63) is 80.6 Å². The van der Waals surface area contributed by atoms with Crippen LogP contribution >= 0.6 is 15.9 Å². The van der Waals surface area contributed by atoms with E-state index in [0.29, 0.717) is 13.0 Å². The third-order valence-corrected chi connectivity index (χ3v) is 4.14. The molecular formula is C18H15BrN2O2. The molecule has 1 heterocycles. The van der Waals surface area contributed by atoms with Crippen molar-refractivity contribution in [1.29, 1.82) is 0 Å². The highest BCUT2D eigenvalue weighted by molar-refractivity contribution is 9.10. The number of para-hydroxylation sites is 1. The fourth-order valence-electron chi connectivity index (χ4n) is 2.38. The van der Waals surface area contributed by atoms with Crippen molar-refractivity contribution in [3.63, 3.8) is 0 Å². The molecule has 1 amide bonds. The van der Waals surface area contributed by atoms with Crippen LogP contribution in [0.4, 0.5) is 0 Å². The maximum atomic E-state index is 12.2. The molecule has 1 aromatic heterocycles. The second-order valence-corrected chi connectivity index (χ2v) is 6.15. The van der Waals surface area contributed by atoms with Crippen molar-refractivity contribution in [1.82, 2.24) is 10.3 Å². The first kappa shape index (κ1) is 15.5. The predicted octanol–water partition coefficient (Wildman–Crippen LogP) is 3.26. The van der Waals surface area contributed by atoms with Crippen molar-refractivity contribution in [2.75, 3.05) is 6.54 Å². The van der Waals surface area contributed by atoms with Crippen LogP contribution in [-0.2, 0) is 6.42 Å². The van der Waals surface area contributed by atoms with E-state index in [1.165, 1.54) is 0 Å². The summed E-state index contributed by atoms with van der Waals surface area (Å²) in [5, 5.41) is 3.64. The van der Waals surface area contributed by atoms with Gasteiger partial charge >= 0.3 is 0 Å². The van der Waals surface area contributed by atoms with Crippen molar-refractivity contribution in [3.8, 4) is 0 Å². The van der Waals surface area contributed by atoms with Gasteiger partial charge in [-0.1, -0.05) is 46.3 Å². The van der Waals surface area contributed by atoms with Crippen molar-refractivity contribution in [2.24, 2.45) is 0 Å². The number of rotatable bonds is 4. The number of hydrogen-bond donors (Lipinski definition) is 2. The molecule has 3 aromatic rings. The molecule has 4 nitrogen and oxygen atoms in total. The third kappa shape index (κ3) is 3.68. The minimum atomic E-state index is -0.371. The Balaban J connectivity index is 1.69. The normalized spacial score (nSPS) is 10.7. The maximum absolute atomic E-state index is 12.2. The van der Waals surface area contributed by atoms with Crippen LogP contribution < -0.4 is 10.9 Å². The maximum Gasteiger partial charge on any atom is 0.261 e. The van der Waals surface area contributed by atoms with Gasteiger partial charge in [-0.2, -0.15) is 0 Å². The summed E-state index contributed by atoms with van der Waals surface area (Å²) in [4.78, 5) is 27.0. The first-order valence-electron chi connectivity index (χ1n) is 7.28. The van der Waals surface area contributed by atoms with Gasteiger partial charge in [0, 0.05) is 16.5 Å². The van der Waals surface area contributed by atoms with E-state index in [0.717, 1.165) is 20.9 Å². The van der Waals surface area contributed by atoms with E-state index in [1.54, 1.807) is 6.07 Å². The average Bonchev–Trinajstić information content (AvgIpc) is 2.56. The molecule has 0 aliphatic carbocycles. The highest BCUT2D eigenvalue weighted by Gasteiger charge is 2.11. The van der Waals surface area contributed by atoms with E-state index in [2.05, 4.69) is 26.2 Å². The van der Waals surface area contributed by atoms with Gasteiger partial charge in [0.1, 0.15) is 5.56 Å². The van der Waals surface area contributed by atoms with E-state index >= 15 is 0 Å². The number of carbonyl (C=O) groups excluding carboxylic acids is 1. The Kier molecular flexibility index (Phi) is 4.57. The quantitative estimate of drug-likeness (QED) is 0.740. The molecule has 2 N–H and O–H groups in total. The summed E-state index contributed by atoms with van der Waals surface area (Å²) in [6.07, 6.45) is 0.713. The van der Waals surface area contributed by atoms with Crippen molar-refractivity contribution < 1.29 is 4.79 Å². The summed E-state index contributed by atoms with van der Waals surface area (Å²) in [7, 11) is 0. The summed E-state index contributed by atoms with van der Waals surface area (Å²) < 4.78 is 1.02. The first-order chi connectivity index (χ1) is 11.1. The van der Waals surface area contributed by atoms with Crippen LogP contribution in [0.15, 0.2) is 63.9 Å². The number of nitrogens with one attached hydrogen (secondary N) is 2. The van der Waals surface area contributed by atoms with Crippen LogP contribution in [0.5, 0.6) is 0 Å². The number of halogens is 1. The number of H-pyrrole nitrogens is 1. The van der Waals surface area contributed by atoms with Gasteiger partial charge < -0.3 is 10.3 Å². The van der Waals surface area contributed by atoms with Crippen LogP contribution in [-0.4, -0.2) is 17.4 Å². The molecule has 0 aliphatic heterocycles. The highest BCUT2D eigenvalue weighted by Crippen LogP contribution is 2.11. The largest absolute Gasteiger partial charge is 0.352 e. The topological polar surface area (TPSA) is 62.0 Å². The molecule has 0 saturated heterocycles. The number of fused-ring (bicyclic) bond motifs is 1. The van der Waals surface area contributed by atoms with Gasteiger partial charge in [-0.05, 0) is 41.6 Å². The zero-order valence-electron chi connectivity index (χ0n) is 12.3. The van der Waals surface area contributed by atoms with E-state index in [9.17, 15) is 9.59 Å². The molecule has 3 rings (SSSR count). The lowest BCUT2D eigenvalue weighted by atomic mass is 10.1. The van der Waals surface area contributed by atoms with E-state index in [-0.39, 0.29) is 17.0 Å². The van der Waals surface area contributed by atoms with Crippen molar-refractivity contribution in [2.45, 2.75) is 6.42 Å². The van der Waals surface area contributed by atoms with Crippen LogP contribution in [0.1, 0.15) is 15.9 Å². The minimum Gasteiger partial charge on any atom is -0.352 e.